The number of nitrogens with two attached hydrogens (primary N) is 1. The molecular formula is C25H31N7S. The molecule has 3 aliphatic rings. The molecule has 2 fully saturated rings. The Balaban J connectivity index is 1.54. The smallest absolute Gasteiger partial charge is 0.226 e. The maximum atomic E-state index is 9.79. The lowest BCUT2D eigenvalue weighted by Crippen LogP contribution is -2.38. The molecule has 33 heavy (non-hydrogen) atoms. The highest BCUT2D eigenvalue weighted by Crippen LogP contribution is 2.52. The predicted octanol–water partition coefficient (Wildman–Crippen LogP) is 3.41. The molecule has 1 aliphatic heterocycles. The van der Waals surface area contributed by atoms with Gasteiger partial charge in [0, 0.05) is 48.0 Å². The standard InChI is InChI=1S/C25H31N7S/c1-16-14-29-10-4-12-32(16)24-30-11-7-19(31-24)22(27)18-6-9-25(23(18)28-2)8-3-5-20-21(25)17(13-26)15-33-20/h7,11,15-16,29H,3-6,8-10,12,14,27H2,1-2H3/b22-18-,28-23?/t16-,25?/m0/s1. The Labute approximate surface area is 199 Å². The van der Waals surface area contributed by atoms with Crippen molar-refractivity contribution >= 4 is 28.7 Å². The summed E-state index contributed by atoms with van der Waals surface area (Å²) >= 11 is 1.72. The fourth-order valence-electron chi connectivity index (χ4n) is 5.93. The van der Waals surface area contributed by atoms with Crippen LogP contribution in [0.5, 0.6) is 0 Å². The van der Waals surface area contributed by atoms with Gasteiger partial charge in [0.25, 0.3) is 0 Å². The third kappa shape index (κ3) is 3.64. The van der Waals surface area contributed by atoms with Crippen molar-refractivity contribution in [2.45, 2.75) is 56.9 Å². The SMILES string of the molecule is CN=C1/C(=C(\N)c2ccnc(N3CCCNC[C@@H]3C)n2)CCC12CCCc1scc(C#N)c12. The average molecular weight is 462 g/mol. The van der Waals surface area contributed by atoms with E-state index < -0.39 is 0 Å². The van der Waals surface area contributed by atoms with Gasteiger partial charge in [0.05, 0.1) is 22.7 Å². The lowest BCUT2D eigenvalue weighted by Gasteiger charge is -2.35. The molecule has 0 amide bonds. The first-order valence-corrected chi connectivity index (χ1v) is 12.7. The fraction of sp³-hybridized carbons (Fsp3) is 0.520. The molecule has 1 saturated heterocycles. The van der Waals surface area contributed by atoms with Gasteiger partial charge in [-0.05, 0) is 69.2 Å². The van der Waals surface area contributed by atoms with Gasteiger partial charge in [-0.25, -0.2) is 9.97 Å². The Hall–Kier alpha value is -2.76. The summed E-state index contributed by atoms with van der Waals surface area (Å²) < 4.78 is 0. The highest BCUT2D eigenvalue weighted by Gasteiger charge is 2.49. The number of aromatic nitrogens is 2. The zero-order chi connectivity index (χ0) is 23.0. The molecule has 1 spiro atoms. The van der Waals surface area contributed by atoms with E-state index in [2.05, 4.69) is 28.2 Å². The summed E-state index contributed by atoms with van der Waals surface area (Å²) in [6, 6.07) is 4.66. The Morgan fingerprint density at radius 1 is 1.36 bits per heavy atom. The third-order valence-corrected chi connectivity index (χ3v) is 8.51. The molecule has 0 bridgehead atoms. The number of anilines is 1. The number of nitrogens with one attached hydrogen (secondary N) is 1. The molecule has 0 radical (unpaired) electrons. The highest BCUT2D eigenvalue weighted by atomic mass is 32.1. The van der Waals surface area contributed by atoms with Crippen LogP contribution in [-0.2, 0) is 11.8 Å². The van der Waals surface area contributed by atoms with E-state index in [1.54, 1.807) is 11.3 Å². The molecular weight excluding hydrogens is 430 g/mol. The molecule has 0 aromatic carbocycles. The number of aliphatic imine (C=N–C) groups is 1. The van der Waals surface area contributed by atoms with E-state index in [4.69, 9.17) is 15.7 Å². The molecule has 1 unspecified atom stereocenters. The third-order valence-electron chi connectivity index (χ3n) is 7.46. The first-order valence-electron chi connectivity index (χ1n) is 11.9. The number of allylic oxidation sites excluding steroid dienone is 1. The summed E-state index contributed by atoms with van der Waals surface area (Å²) in [5.41, 5.74) is 12.2. The average Bonchev–Trinajstić information content (AvgIpc) is 3.35. The van der Waals surface area contributed by atoms with Crippen molar-refractivity contribution in [2.24, 2.45) is 10.7 Å². The van der Waals surface area contributed by atoms with E-state index in [1.165, 1.54) is 10.4 Å². The topological polar surface area (TPSA) is 103 Å². The molecule has 172 valence electrons. The minimum absolute atomic E-state index is 0.200. The van der Waals surface area contributed by atoms with Crippen molar-refractivity contribution < 1.29 is 0 Å². The fourth-order valence-corrected chi connectivity index (χ4v) is 7.05. The number of nitriles is 1. The van der Waals surface area contributed by atoms with E-state index in [9.17, 15) is 5.26 Å². The summed E-state index contributed by atoms with van der Waals surface area (Å²) in [6.45, 7) is 5.06. The first-order chi connectivity index (χ1) is 16.1. The van der Waals surface area contributed by atoms with E-state index in [0.717, 1.165) is 86.6 Å². The van der Waals surface area contributed by atoms with Crippen LogP contribution in [0, 0.1) is 11.3 Å². The molecule has 2 atom stereocenters. The largest absolute Gasteiger partial charge is 0.397 e. The van der Waals surface area contributed by atoms with Gasteiger partial charge in [-0.1, -0.05) is 0 Å². The predicted molar refractivity (Wildman–Crippen MR) is 134 cm³/mol. The molecule has 3 N–H and O–H groups in total. The summed E-state index contributed by atoms with van der Waals surface area (Å²) in [5.74, 6) is 0.736. The van der Waals surface area contributed by atoms with Crippen molar-refractivity contribution in [2.75, 3.05) is 31.6 Å². The zero-order valence-electron chi connectivity index (χ0n) is 19.4. The summed E-state index contributed by atoms with van der Waals surface area (Å²) in [7, 11) is 1.86. The number of rotatable bonds is 2. The van der Waals surface area contributed by atoms with Crippen molar-refractivity contribution in [3.05, 3.63) is 44.9 Å². The Morgan fingerprint density at radius 3 is 3.06 bits per heavy atom. The second kappa shape index (κ2) is 8.88. The maximum absolute atomic E-state index is 9.79. The van der Waals surface area contributed by atoms with E-state index in [1.807, 2.05) is 24.7 Å². The van der Waals surface area contributed by atoms with Gasteiger partial charge in [0.2, 0.25) is 5.95 Å². The van der Waals surface area contributed by atoms with Crippen LogP contribution in [-0.4, -0.2) is 48.4 Å². The molecule has 7 nitrogen and oxygen atoms in total. The quantitative estimate of drug-likeness (QED) is 0.710. The van der Waals surface area contributed by atoms with Crippen LogP contribution in [0.15, 0.2) is 28.2 Å². The van der Waals surface area contributed by atoms with Crippen LogP contribution in [0.1, 0.15) is 60.7 Å². The van der Waals surface area contributed by atoms with Crippen LogP contribution in [0.4, 0.5) is 5.95 Å². The van der Waals surface area contributed by atoms with Crippen LogP contribution in [0.2, 0.25) is 0 Å². The number of hydrogen-bond acceptors (Lipinski definition) is 8. The highest BCUT2D eigenvalue weighted by molar-refractivity contribution is 7.10. The Kier molecular flexibility index (Phi) is 5.94. The molecule has 3 heterocycles. The molecule has 2 aromatic rings. The van der Waals surface area contributed by atoms with Gasteiger partial charge in [-0.15, -0.1) is 11.3 Å². The van der Waals surface area contributed by atoms with Crippen molar-refractivity contribution in [1.29, 1.82) is 5.26 Å². The van der Waals surface area contributed by atoms with Crippen LogP contribution < -0.4 is 16.0 Å². The maximum Gasteiger partial charge on any atom is 0.226 e. The van der Waals surface area contributed by atoms with Gasteiger partial charge in [-0.2, -0.15) is 5.26 Å². The van der Waals surface area contributed by atoms with Crippen molar-refractivity contribution in [3.63, 3.8) is 0 Å². The van der Waals surface area contributed by atoms with Crippen LogP contribution >= 0.6 is 11.3 Å². The Bertz CT molecular complexity index is 1160. The molecule has 2 aromatic heterocycles. The first kappa shape index (κ1) is 22.1. The van der Waals surface area contributed by atoms with Crippen molar-refractivity contribution in [1.82, 2.24) is 15.3 Å². The molecule has 8 heteroatoms. The molecule has 2 aliphatic carbocycles. The molecule has 5 rings (SSSR count). The van der Waals surface area contributed by atoms with E-state index >= 15 is 0 Å². The van der Waals surface area contributed by atoms with Gasteiger partial charge in [-0.3, -0.25) is 4.99 Å². The lowest BCUT2D eigenvalue weighted by molar-refractivity contribution is 0.469. The van der Waals surface area contributed by atoms with Crippen LogP contribution in [0.3, 0.4) is 0 Å². The number of aryl methyl sites for hydroxylation is 1. The summed E-state index contributed by atoms with van der Waals surface area (Å²) in [6.07, 6.45) is 7.85. The zero-order valence-corrected chi connectivity index (χ0v) is 20.2. The number of thiophene rings is 1. The van der Waals surface area contributed by atoms with Gasteiger partial charge in [0.15, 0.2) is 0 Å². The molecule has 1 saturated carbocycles. The van der Waals surface area contributed by atoms with Gasteiger partial charge in [0.1, 0.15) is 6.07 Å². The number of nitrogens with zero attached hydrogens (tertiary/aromatic N) is 5. The Morgan fingerprint density at radius 2 is 2.24 bits per heavy atom. The minimum atomic E-state index is -0.200. The van der Waals surface area contributed by atoms with E-state index in [0.29, 0.717) is 11.7 Å². The van der Waals surface area contributed by atoms with E-state index in [-0.39, 0.29) is 5.41 Å². The summed E-state index contributed by atoms with van der Waals surface area (Å²) in [5, 5.41) is 15.3. The van der Waals surface area contributed by atoms with Gasteiger partial charge < -0.3 is 16.0 Å². The lowest BCUT2D eigenvalue weighted by atomic mass is 9.68. The second-order valence-electron chi connectivity index (χ2n) is 9.30. The van der Waals surface area contributed by atoms with Gasteiger partial charge >= 0.3 is 0 Å². The monoisotopic (exact) mass is 461 g/mol. The van der Waals surface area contributed by atoms with Crippen LogP contribution in [0.25, 0.3) is 5.70 Å². The second-order valence-corrected chi connectivity index (χ2v) is 10.3. The van der Waals surface area contributed by atoms with Crippen molar-refractivity contribution in [3.8, 4) is 6.07 Å². The number of fused-ring (bicyclic) bond motifs is 2. The minimum Gasteiger partial charge on any atom is -0.397 e. The summed E-state index contributed by atoms with van der Waals surface area (Å²) in [4.78, 5) is 17.9. The normalized spacial score (nSPS) is 28.0. The number of hydrogen-bond donors (Lipinski definition) is 2.